The number of sulfonamides is 1. The van der Waals surface area contributed by atoms with Crippen LogP contribution in [0.25, 0.3) is 0 Å². The predicted octanol–water partition coefficient (Wildman–Crippen LogP) is 4.41. The van der Waals surface area contributed by atoms with E-state index in [-0.39, 0.29) is 17.1 Å². The molecule has 2 aromatic carbocycles. The van der Waals surface area contributed by atoms with Gasteiger partial charge in [-0.25, -0.2) is 8.42 Å². The van der Waals surface area contributed by atoms with Crippen molar-refractivity contribution in [3.63, 3.8) is 0 Å². The summed E-state index contributed by atoms with van der Waals surface area (Å²) in [4.78, 5) is 12.3. The Morgan fingerprint density at radius 3 is 2.41 bits per heavy atom. The fourth-order valence-corrected chi connectivity index (χ4v) is 4.41. The maximum Gasteiger partial charge on any atom is 0.417 e. The number of carbonyl (C=O) groups excluding carboxylic acids is 1. The molecule has 0 bridgehead atoms. The van der Waals surface area contributed by atoms with Gasteiger partial charge in [0.05, 0.1) is 21.2 Å². The first-order valence-electron chi connectivity index (χ1n) is 9.77. The van der Waals surface area contributed by atoms with Crippen molar-refractivity contribution >= 4 is 33.2 Å². The lowest BCUT2D eigenvalue weighted by atomic mass is 10.2. The van der Waals surface area contributed by atoms with Crippen molar-refractivity contribution in [1.29, 1.82) is 0 Å². The minimum absolute atomic E-state index is 0.157. The van der Waals surface area contributed by atoms with E-state index in [1.54, 1.807) is 19.1 Å². The van der Waals surface area contributed by atoms with E-state index in [0.29, 0.717) is 30.0 Å². The molecule has 176 valence electrons. The highest BCUT2D eigenvalue weighted by Crippen LogP contribution is 2.38. The molecule has 0 spiro atoms. The second kappa shape index (κ2) is 11.0. The second-order valence-electron chi connectivity index (χ2n) is 6.89. The highest BCUT2D eigenvalue weighted by atomic mass is 35.5. The van der Waals surface area contributed by atoms with Crippen LogP contribution in [0, 0.1) is 6.92 Å². The molecule has 0 radical (unpaired) electrons. The van der Waals surface area contributed by atoms with E-state index in [1.807, 2.05) is 6.92 Å². The molecule has 2 rings (SSSR count). The van der Waals surface area contributed by atoms with Crippen LogP contribution in [0.15, 0.2) is 47.4 Å². The van der Waals surface area contributed by atoms with Crippen molar-refractivity contribution in [1.82, 2.24) is 5.32 Å². The van der Waals surface area contributed by atoms with Crippen LogP contribution in [0.5, 0.6) is 0 Å². The number of alkyl halides is 3. The van der Waals surface area contributed by atoms with Crippen molar-refractivity contribution in [2.24, 2.45) is 0 Å². The highest BCUT2D eigenvalue weighted by molar-refractivity contribution is 7.92. The number of ether oxygens (including phenoxy) is 1. The summed E-state index contributed by atoms with van der Waals surface area (Å²) in [5.41, 5.74) is -0.724. The second-order valence-corrected chi connectivity index (χ2v) is 9.16. The zero-order valence-electron chi connectivity index (χ0n) is 17.6. The molecule has 0 heterocycles. The zero-order chi connectivity index (χ0) is 23.9. The van der Waals surface area contributed by atoms with Gasteiger partial charge in [-0.1, -0.05) is 29.3 Å². The molecule has 6 nitrogen and oxygen atoms in total. The van der Waals surface area contributed by atoms with Gasteiger partial charge in [0.1, 0.15) is 6.54 Å². The Bertz CT molecular complexity index is 1030. The van der Waals surface area contributed by atoms with Gasteiger partial charge in [0, 0.05) is 19.8 Å². The average Bonchev–Trinajstić information content (AvgIpc) is 2.72. The maximum absolute atomic E-state index is 13.3. The number of hydrogen-bond acceptors (Lipinski definition) is 4. The van der Waals surface area contributed by atoms with Crippen molar-refractivity contribution in [2.45, 2.75) is 31.3 Å². The topological polar surface area (TPSA) is 75.7 Å². The van der Waals surface area contributed by atoms with E-state index in [2.05, 4.69) is 5.32 Å². The third-order valence-corrected chi connectivity index (χ3v) is 6.55. The van der Waals surface area contributed by atoms with E-state index >= 15 is 0 Å². The Morgan fingerprint density at radius 2 is 1.81 bits per heavy atom. The Kier molecular flexibility index (Phi) is 8.94. The van der Waals surface area contributed by atoms with Crippen molar-refractivity contribution < 1.29 is 31.1 Å². The van der Waals surface area contributed by atoms with Gasteiger partial charge in [-0.15, -0.1) is 0 Å². The number of benzene rings is 2. The van der Waals surface area contributed by atoms with Crippen LogP contribution in [0.1, 0.15) is 24.5 Å². The molecule has 0 unspecified atom stereocenters. The summed E-state index contributed by atoms with van der Waals surface area (Å²) in [6.07, 6.45) is -4.29. The molecular weight excluding hydrogens is 469 g/mol. The number of hydrogen-bond donors (Lipinski definition) is 1. The fraction of sp³-hybridized carbons (Fsp3) is 0.381. The van der Waals surface area contributed by atoms with Crippen LogP contribution in [0.4, 0.5) is 18.9 Å². The standard InChI is InChI=1S/C21H24ClF3N2O4S/c1-3-31-12-4-11-26-20(28)14-27(32(29,30)17-8-5-15(2)6-9-17)16-7-10-19(22)18(13-16)21(23,24)25/h5-10,13H,3-4,11-12,14H2,1-2H3,(H,26,28). The molecular formula is C21H24ClF3N2O4S. The lowest BCUT2D eigenvalue weighted by molar-refractivity contribution is -0.137. The van der Waals surface area contributed by atoms with E-state index in [4.69, 9.17) is 16.3 Å². The number of nitrogens with one attached hydrogen (secondary N) is 1. The molecule has 0 saturated carbocycles. The van der Waals surface area contributed by atoms with Crippen LogP contribution < -0.4 is 9.62 Å². The number of carbonyl (C=O) groups is 1. The number of halogens is 4. The lowest BCUT2D eigenvalue weighted by Gasteiger charge is -2.25. The molecule has 0 aliphatic rings. The van der Waals surface area contributed by atoms with Gasteiger partial charge in [0.15, 0.2) is 0 Å². The van der Waals surface area contributed by atoms with Crippen LogP contribution in [-0.2, 0) is 25.7 Å². The Hall–Kier alpha value is -2.30. The summed E-state index contributed by atoms with van der Waals surface area (Å²) in [6, 6.07) is 8.49. The van der Waals surface area contributed by atoms with Gasteiger partial charge in [-0.2, -0.15) is 13.2 Å². The van der Waals surface area contributed by atoms with Crippen LogP contribution in [-0.4, -0.2) is 40.6 Å². The van der Waals surface area contributed by atoms with Gasteiger partial charge in [-0.05, 0) is 50.6 Å². The monoisotopic (exact) mass is 492 g/mol. The molecule has 1 N–H and O–H groups in total. The molecule has 11 heteroatoms. The normalized spacial score (nSPS) is 11.9. The third kappa shape index (κ3) is 6.85. The SMILES string of the molecule is CCOCCCNC(=O)CN(c1ccc(Cl)c(C(F)(F)F)c1)S(=O)(=O)c1ccc(C)cc1. The van der Waals surface area contributed by atoms with Gasteiger partial charge < -0.3 is 10.1 Å². The van der Waals surface area contributed by atoms with E-state index in [0.717, 1.165) is 17.7 Å². The molecule has 2 aromatic rings. The Balaban J connectivity index is 2.40. The summed E-state index contributed by atoms with van der Waals surface area (Å²) in [6.45, 7) is 4.05. The third-order valence-electron chi connectivity index (χ3n) is 4.43. The Morgan fingerprint density at radius 1 is 1.16 bits per heavy atom. The summed E-state index contributed by atoms with van der Waals surface area (Å²) < 4.78 is 72.3. The number of anilines is 1. The van der Waals surface area contributed by atoms with Gasteiger partial charge >= 0.3 is 6.18 Å². The van der Waals surface area contributed by atoms with Gasteiger partial charge in [0.25, 0.3) is 10.0 Å². The number of aryl methyl sites for hydroxylation is 1. The Labute approximate surface area is 190 Å². The van der Waals surface area contributed by atoms with E-state index in [9.17, 15) is 26.4 Å². The molecule has 0 atom stereocenters. The first-order chi connectivity index (χ1) is 15.0. The van der Waals surface area contributed by atoms with Crippen LogP contribution >= 0.6 is 11.6 Å². The molecule has 32 heavy (non-hydrogen) atoms. The van der Waals surface area contributed by atoms with Crippen molar-refractivity contribution in [3.05, 3.63) is 58.6 Å². The predicted molar refractivity (Wildman–Crippen MR) is 116 cm³/mol. The lowest BCUT2D eigenvalue weighted by Crippen LogP contribution is -2.41. The van der Waals surface area contributed by atoms with Crippen molar-refractivity contribution in [2.75, 3.05) is 30.6 Å². The summed E-state index contributed by atoms with van der Waals surface area (Å²) >= 11 is 5.67. The van der Waals surface area contributed by atoms with E-state index in [1.165, 1.54) is 12.1 Å². The first kappa shape index (κ1) is 26.0. The minimum atomic E-state index is -4.80. The van der Waals surface area contributed by atoms with Crippen molar-refractivity contribution in [3.8, 4) is 0 Å². The summed E-state index contributed by atoms with van der Waals surface area (Å²) in [5, 5.41) is 1.98. The van der Waals surface area contributed by atoms with Gasteiger partial charge in [0.2, 0.25) is 5.91 Å². The summed E-state index contributed by atoms with van der Waals surface area (Å²) in [7, 11) is -4.34. The summed E-state index contributed by atoms with van der Waals surface area (Å²) in [5.74, 6) is -0.666. The van der Waals surface area contributed by atoms with E-state index < -0.39 is 39.2 Å². The number of nitrogens with zero attached hydrogens (tertiary/aromatic N) is 1. The van der Waals surface area contributed by atoms with Crippen LogP contribution in [0.3, 0.4) is 0 Å². The van der Waals surface area contributed by atoms with Gasteiger partial charge in [-0.3, -0.25) is 9.10 Å². The highest BCUT2D eigenvalue weighted by Gasteiger charge is 2.35. The minimum Gasteiger partial charge on any atom is -0.382 e. The number of amides is 1. The largest absolute Gasteiger partial charge is 0.417 e. The first-order valence-corrected chi connectivity index (χ1v) is 11.6. The van der Waals surface area contributed by atoms with Crippen LogP contribution in [0.2, 0.25) is 5.02 Å². The maximum atomic E-state index is 13.3. The molecule has 0 aromatic heterocycles. The molecule has 0 fully saturated rings. The smallest absolute Gasteiger partial charge is 0.382 e. The molecule has 1 amide bonds. The molecule has 0 saturated heterocycles. The quantitative estimate of drug-likeness (QED) is 0.499. The number of rotatable bonds is 10. The molecule has 0 aliphatic heterocycles. The average molecular weight is 493 g/mol. The fourth-order valence-electron chi connectivity index (χ4n) is 2.77. The zero-order valence-corrected chi connectivity index (χ0v) is 19.1. The molecule has 0 aliphatic carbocycles.